The summed E-state index contributed by atoms with van der Waals surface area (Å²) >= 11 is 0. The van der Waals surface area contributed by atoms with Crippen molar-refractivity contribution in [3.05, 3.63) is 12.7 Å². The molecular weight excluding hydrogens is 211 g/mol. The molecule has 0 aliphatic heterocycles. The van der Waals surface area contributed by atoms with Crippen LogP contribution in [0.3, 0.4) is 0 Å². The van der Waals surface area contributed by atoms with Crippen LogP contribution in [-0.4, -0.2) is 31.8 Å². The van der Waals surface area contributed by atoms with Gasteiger partial charge in [0.15, 0.2) is 0 Å². The second-order valence-corrected chi connectivity index (χ2v) is 2.82. The molecule has 0 radical (unpaired) electrons. The van der Waals surface area contributed by atoms with Crippen LogP contribution < -0.4 is 5.32 Å². The van der Waals surface area contributed by atoms with E-state index in [0.29, 0.717) is 26.1 Å². The van der Waals surface area contributed by atoms with Gasteiger partial charge in [-0.05, 0) is 12.8 Å². The minimum atomic E-state index is -4.79. The standard InChI is InChI=1S/C9H14F3NO2/c1-2-6-15-7-4-3-5-13-8(14)9(10,11)12/h2H,1,3-7H2,(H,13,14). The van der Waals surface area contributed by atoms with Gasteiger partial charge in [-0.15, -0.1) is 6.58 Å². The maximum Gasteiger partial charge on any atom is 0.471 e. The number of alkyl halides is 3. The third-order valence-electron chi connectivity index (χ3n) is 1.49. The Hall–Kier alpha value is -1.04. The highest BCUT2D eigenvalue weighted by Crippen LogP contribution is 2.13. The maximum atomic E-state index is 11.7. The predicted octanol–water partition coefficient (Wildman–Crippen LogP) is 1.65. The molecule has 0 aromatic rings. The summed E-state index contributed by atoms with van der Waals surface area (Å²) in [4.78, 5) is 10.3. The summed E-state index contributed by atoms with van der Waals surface area (Å²) in [5, 5.41) is 1.77. The fourth-order valence-corrected chi connectivity index (χ4v) is 0.798. The molecule has 0 bridgehead atoms. The van der Waals surface area contributed by atoms with Gasteiger partial charge in [0.25, 0.3) is 0 Å². The quantitative estimate of drug-likeness (QED) is 0.528. The Morgan fingerprint density at radius 3 is 2.60 bits per heavy atom. The number of nitrogens with one attached hydrogen (secondary N) is 1. The fourth-order valence-electron chi connectivity index (χ4n) is 0.798. The molecular formula is C9H14F3NO2. The van der Waals surface area contributed by atoms with E-state index < -0.39 is 12.1 Å². The number of halogens is 3. The van der Waals surface area contributed by atoms with E-state index in [0.717, 1.165) is 0 Å². The third-order valence-corrected chi connectivity index (χ3v) is 1.49. The zero-order valence-corrected chi connectivity index (χ0v) is 8.27. The number of unbranched alkanes of at least 4 members (excludes halogenated alkanes) is 1. The molecule has 0 unspecified atom stereocenters. The van der Waals surface area contributed by atoms with Crippen molar-refractivity contribution in [3.63, 3.8) is 0 Å². The summed E-state index contributed by atoms with van der Waals surface area (Å²) in [5.41, 5.74) is 0. The van der Waals surface area contributed by atoms with E-state index in [4.69, 9.17) is 4.74 Å². The molecule has 0 fully saturated rings. The number of hydrogen-bond donors (Lipinski definition) is 1. The van der Waals surface area contributed by atoms with Crippen LogP contribution in [0.4, 0.5) is 13.2 Å². The monoisotopic (exact) mass is 225 g/mol. The van der Waals surface area contributed by atoms with Crippen LogP contribution in [0.5, 0.6) is 0 Å². The van der Waals surface area contributed by atoms with Crippen molar-refractivity contribution >= 4 is 5.91 Å². The molecule has 0 aromatic heterocycles. The Kier molecular flexibility index (Phi) is 6.77. The molecule has 0 saturated heterocycles. The van der Waals surface area contributed by atoms with Gasteiger partial charge in [0.1, 0.15) is 0 Å². The summed E-state index contributed by atoms with van der Waals surface area (Å²) < 4.78 is 40.0. The van der Waals surface area contributed by atoms with Crippen molar-refractivity contribution in [1.82, 2.24) is 5.32 Å². The van der Waals surface area contributed by atoms with Gasteiger partial charge in [-0.2, -0.15) is 13.2 Å². The lowest BCUT2D eigenvalue weighted by atomic mass is 10.3. The predicted molar refractivity (Wildman–Crippen MR) is 49.3 cm³/mol. The lowest BCUT2D eigenvalue weighted by molar-refractivity contribution is -0.173. The van der Waals surface area contributed by atoms with Crippen molar-refractivity contribution in [3.8, 4) is 0 Å². The first-order valence-corrected chi connectivity index (χ1v) is 4.52. The first-order chi connectivity index (χ1) is 6.98. The minimum Gasteiger partial charge on any atom is -0.377 e. The van der Waals surface area contributed by atoms with Crippen molar-refractivity contribution in [2.75, 3.05) is 19.8 Å². The van der Waals surface area contributed by atoms with E-state index in [1.54, 1.807) is 11.4 Å². The van der Waals surface area contributed by atoms with Crippen LogP contribution in [0, 0.1) is 0 Å². The lowest BCUT2D eigenvalue weighted by Crippen LogP contribution is -2.37. The Bertz CT molecular complexity index is 204. The van der Waals surface area contributed by atoms with Crippen LogP contribution in [0.15, 0.2) is 12.7 Å². The zero-order valence-electron chi connectivity index (χ0n) is 8.27. The molecule has 88 valence electrons. The third kappa shape index (κ3) is 7.99. The summed E-state index contributed by atoms with van der Waals surface area (Å²) in [5.74, 6) is -1.89. The number of amides is 1. The maximum absolute atomic E-state index is 11.7. The molecule has 0 spiro atoms. The van der Waals surface area contributed by atoms with Gasteiger partial charge in [-0.25, -0.2) is 0 Å². The van der Waals surface area contributed by atoms with Crippen LogP contribution in [0.1, 0.15) is 12.8 Å². The molecule has 15 heavy (non-hydrogen) atoms. The normalized spacial score (nSPS) is 11.1. The molecule has 0 saturated carbocycles. The molecule has 0 aliphatic rings. The first kappa shape index (κ1) is 14.0. The van der Waals surface area contributed by atoms with Gasteiger partial charge in [0, 0.05) is 13.2 Å². The van der Waals surface area contributed by atoms with E-state index in [-0.39, 0.29) is 6.54 Å². The first-order valence-electron chi connectivity index (χ1n) is 4.52. The van der Waals surface area contributed by atoms with Crippen LogP contribution in [0.2, 0.25) is 0 Å². The molecule has 0 rings (SSSR count). The van der Waals surface area contributed by atoms with Gasteiger partial charge in [-0.1, -0.05) is 6.08 Å². The summed E-state index contributed by atoms with van der Waals surface area (Å²) in [6, 6.07) is 0. The Labute approximate surface area is 86.3 Å². The molecule has 1 amide bonds. The highest BCUT2D eigenvalue weighted by molar-refractivity contribution is 5.81. The van der Waals surface area contributed by atoms with Crippen LogP contribution >= 0.6 is 0 Å². The van der Waals surface area contributed by atoms with Crippen molar-refractivity contribution < 1.29 is 22.7 Å². The van der Waals surface area contributed by atoms with Gasteiger partial charge in [-0.3, -0.25) is 4.79 Å². The summed E-state index contributed by atoms with van der Waals surface area (Å²) in [7, 11) is 0. The van der Waals surface area contributed by atoms with Crippen molar-refractivity contribution in [2.24, 2.45) is 0 Å². The van der Waals surface area contributed by atoms with E-state index in [1.165, 1.54) is 0 Å². The number of ether oxygens (including phenoxy) is 1. The average Bonchev–Trinajstić information content (AvgIpc) is 2.14. The van der Waals surface area contributed by atoms with E-state index in [9.17, 15) is 18.0 Å². The smallest absolute Gasteiger partial charge is 0.377 e. The van der Waals surface area contributed by atoms with Crippen LogP contribution in [0.25, 0.3) is 0 Å². The van der Waals surface area contributed by atoms with Gasteiger partial charge < -0.3 is 10.1 Å². The highest BCUT2D eigenvalue weighted by Gasteiger charge is 2.38. The van der Waals surface area contributed by atoms with Crippen molar-refractivity contribution in [1.29, 1.82) is 0 Å². The van der Waals surface area contributed by atoms with Gasteiger partial charge in [0.05, 0.1) is 6.61 Å². The average molecular weight is 225 g/mol. The summed E-state index contributed by atoms with van der Waals surface area (Å²) in [6.45, 7) is 4.33. The highest BCUT2D eigenvalue weighted by atomic mass is 19.4. The zero-order chi connectivity index (χ0) is 11.7. The number of hydrogen-bond acceptors (Lipinski definition) is 2. The topological polar surface area (TPSA) is 38.3 Å². The van der Waals surface area contributed by atoms with Crippen molar-refractivity contribution in [2.45, 2.75) is 19.0 Å². The molecule has 0 aliphatic carbocycles. The van der Waals surface area contributed by atoms with E-state index >= 15 is 0 Å². The summed E-state index contributed by atoms with van der Waals surface area (Å²) in [6.07, 6.45) is -2.14. The number of carbonyl (C=O) groups excluding carboxylic acids is 1. The van der Waals surface area contributed by atoms with Crippen LogP contribution in [-0.2, 0) is 9.53 Å². The minimum absolute atomic E-state index is 0.00971. The van der Waals surface area contributed by atoms with Gasteiger partial charge in [0.2, 0.25) is 0 Å². The number of rotatable bonds is 7. The van der Waals surface area contributed by atoms with E-state index in [2.05, 4.69) is 6.58 Å². The Balaban J connectivity index is 3.32. The molecule has 6 heteroatoms. The van der Waals surface area contributed by atoms with Gasteiger partial charge >= 0.3 is 12.1 Å². The SMILES string of the molecule is C=CCOCCCCNC(=O)C(F)(F)F. The second-order valence-electron chi connectivity index (χ2n) is 2.82. The Morgan fingerprint density at radius 2 is 2.07 bits per heavy atom. The Morgan fingerprint density at radius 1 is 1.40 bits per heavy atom. The molecule has 1 N–H and O–H groups in total. The molecule has 0 atom stereocenters. The lowest BCUT2D eigenvalue weighted by Gasteiger charge is -2.07. The fraction of sp³-hybridized carbons (Fsp3) is 0.667. The second kappa shape index (κ2) is 7.28. The largest absolute Gasteiger partial charge is 0.471 e. The molecule has 0 aromatic carbocycles. The molecule has 3 nitrogen and oxygen atoms in total. The van der Waals surface area contributed by atoms with E-state index in [1.807, 2.05) is 0 Å². The number of carbonyl (C=O) groups is 1. The molecule has 0 heterocycles.